The normalized spacial score (nSPS) is 14.5. The molecule has 0 spiro atoms. The average molecular weight is 1020 g/mol. The van der Waals surface area contributed by atoms with Crippen LogP contribution in [-0.4, -0.2) is 66.5 Å². The monoisotopic (exact) mass is 1020 g/mol. The van der Waals surface area contributed by atoms with E-state index in [0.29, 0.717) is 19.3 Å². The van der Waals surface area contributed by atoms with E-state index in [0.717, 1.165) is 116 Å². The lowest BCUT2D eigenvalue weighted by atomic mass is 10.1. The summed E-state index contributed by atoms with van der Waals surface area (Å²) in [6, 6.07) is 0. The molecule has 0 aromatic rings. The van der Waals surface area contributed by atoms with Crippen molar-refractivity contribution >= 4 is 25.7 Å². The smallest absolute Gasteiger partial charge is 0.462 e. The van der Waals surface area contributed by atoms with Gasteiger partial charge < -0.3 is 24.2 Å². The zero-order valence-corrected chi connectivity index (χ0v) is 45.5. The summed E-state index contributed by atoms with van der Waals surface area (Å²) >= 11 is 0. The number of rotatable bonds is 48. The Bertz CT molecular complexity index is 1710. The van der Waals surface area contributed by atoms with Crippen LogP contribution in [0.5, 0.6) is 0 Å². The molecule has 12 heteroatoms. The number of hydrogen-bond donors (Lipinski definition) is 2. The molecular weight excluding hydrogens is 928 g/mol. The Labute approximate surface area is 436 Å². The molecule has 11 nitrogen and oxygen atoms in total. The molecule has 0 heterocycles. The number of ether oxygens (including phenoxy) is 3. The van der Waals surface area contributed by atoms with Gasteiger partial charge in [0.05, 0.1) is 26.2 Å². The highest BCUT2D eigenvalue weighted by molar-refractivity contribution is 7.47. The molecule has 3 unspecified atom stereocenters. The van der Waals surface area contributed by atoms with Crippen LogP contribution in [0, 0.1) is 0 Å². The number of phosphoric acid groups is 1. The number of unbranched alkanes of at least 4 members (excludes halogenated alkanes) is 10. The van der Waals surface area contributed by atoms with E-state index in [9.17, 15) is 28.9 Å². The summed E-state index contributed by atoms with van der Waals surface area (Å²) in [5.41, 5.74) is 0. The van der Waals surface area contributed by atoms with Gasteiger partial charge in [0, 0.05) is 12.8 Å². The second-order valence-electron chi connectivity index (χ2n) is 17.3. The van der Waals surface area contributed by atoms with E-state index >= 15 is 0 Å². The summed E-state index contributed by atoms with van der Waals surface area (Å²) in [5, 5.41) is 9.77. The minimum atomic E-state index is -4.79. The number of esters is 3. The van der Waals surface area contributed by atoms with Gasteiger partial charge in [0.25, 0.3) is 0 Å². The molecule has 0 radical (unpaired) electrons. The Morgan fingerprint density at radius 3 is 1.25 bits per heavy atom. The van der Waals surface area contributed by atoms with Gasteiger partial charge in [-0.25, -0.2) is 4.57 Å². The van der Waals surface area contributed by atoms with Crippen molar-refractivity contribution in [2.75, 3.05) is 26.4 Å². The molecule has 406 valence electrons. The van der Waals surface area contributed by atoms with Crippen molar-refractivity contribution in [3.05, 3.63) is 134 Å². The van der Waals surface area contributed by atoms with Gasteiger partial charge in [-0.1, -0.05) is 193 Å². The molecule has 0 saturated heterocycles. The first-order valence-corrected chi connectivity index (χ1v) is 28.6. The highest BCUT2D eigenvalue weighted by Crippen LogP contribution is 2.43. The van der Waals surface area contributed by atoms with Crippen LogP contribution >= 0.6 is 7.82 Å². The molecule has 0 aliphatic heterocycles. The van der Waals surface area contributed by atoms with Crippen LogP contribution in [0.4, 0.5) is 0 Å². The largest absolute Gasteiger partial charge is 0.472 e. The number of allylic oxidation sites excluding steroid dienone is 21. The minimum Gasteiger partial charge on any atom is -0.462 e. The van der Waals surface area contributed by atoms with Gasteiger partial charge >= 0.3 is 25.7 Å². The van der Waals surface area contributed by atoms with E-state index in [-0.39, 0.29) is 19.3 Å². The fourth-order valence-electron chi connectivity index (χ4n) is 6.50. The molecule has 0 saturated carbocycles. The first-order valence-electron chi connectivity index (χ1n) is 27.1. The second-order valence-corrected chi connectivity index (χ2v) is 18.7. The first kappa shape index (κ1) is 67.6. The molecule has 0 aromatic carbocycles. The molecule has 0 fully saturated rings. The lowest BCUT2D eigenvalue weighted by Gasteiger charge is -2.21. The molecule has 0 aromatic heterocycles. The highest BCUT2D eigenvalue weighted by atomic mass is 31.2. The van der Waals surface area contributed by atoms with Crippen molar-refractivity contribution in [3.8, 4) is 0 Å². The third kappa shape index (κ3) is 50.6. The highest BCUT2D eigenvalue weighted by Gasteiger charge is 2.28. The molecule has 0 rings (SSSR count). The average Bonchev–Trinajstić information content (AvgIpc) is 3.37. The van der Waals surface area contributed by atoms with E-state index in [4.69, 9.17) is 23.3 Å². The Hall–Kier alpha value is -4.38. The fourth-order valence-corrected chi connectivity index (χ4v) is 7.28. The summed E-state index contributed by atoms with van der Waals surface area (Å²) in [6.45, 7) is 4.18. The third-order valence-corrected chi connectivity index (χ3v) is 11.5. The summed E-state index contributed by atoms with van der Waals surface area (Å²) in [5.74, 6) is -1.69. The summed E-state index contributed by atoms with van der Waals surface area (Å²) in [6.07, 6.45) is 66.0. The maximum atomic E-state index is 12.9. The van der Waals surface area contributed by atoms with Gasteiger partial charge in [-0.05, 0) is 109 Å². The Kier molecular flexibility index (Phi) is 49.7. The fraction of sp³-hybridized carbons (Fsp3) is 0.583. The van der Waals surface area contributed by atoms with Crippen LogP contribution in [0.25, 0.3) is 0 Å². The van der Waals surface area contributed by atoms with Crippen molar-refractivity contribution in [2.45, 2.75) is 200 Å². The maximum absolute atomic E-state index is 12.9. The Morgan fingerprint density at radius 2 is 0.778 bits per heavy atom. The molecule has 0 aliphatic rings. The SMILES string of the molecule is CC/C=C\C/C=C\C/C=C\C/C=C\C/C=C\CCCCCC(=O)OCC(COP(=O)(O)OCC(CO)OC(=O)CCCCCCC/C=C\CCCC)OC(=O)C/C=C\C/C=C\C/C=C\C/C=C\C/C=C\CC. The molecule has 3 atom stereocenters. The van der Waals surface area contributed by atoms with Crippen molar-refractivity contribution in [1.29, 1.82) is 0 Å². The number of aliphatic hydroxyl groups is 1. The number of aliphatic hydroxyl groups excluding tert-OH is 1. The Morgan fingerprint density at radius 1 is 0.417 bits per heavy atom. The molecular formula is C60H95O11P. The summed E-state index contributed by atoms with van der Waals surface area (Å²) in [7, 11) is -4.79. The topological polar surface area (TPSA) is 155 Å². The number of carbonyl (C=O) groups excluding carboxylic acids is 3. The zero-order chi connectivity index (χ0) is 52.7. The minimum absolute atomic E-state index is 0.0799. The van der Waals surface area contributed by atoms with Crippen LogP contribution in [0.15, 0.2) is 134 Å². The van der Waals surface area contributed by atoms with E-state index < -0.39 is 64.4 Å². The first-order chi connectivity index (χ1) is 35.2. The quantitative estimate of drug-likeness (QED) is 0.0197. The van der Waals surface area contributed by atoms with Crippen LogP contribution in [0.3, 0.4) is 0 Å². The summed E-state index contributed by atoms with van der Waals surface area (Å²) in [4.78, 5) is 48.3. The van der Waals surface area contributed by atoms with E-state index in [1.807, 2.05) is 18.2 Å². The number of phosphoric ester groups is 1. The summed E-state index contributed by atoms with van der Waals surface area (Å²) < 4.78 is 39.2. The van der Waals surface area contributed by atoms with E-state index in [2.05, 4.69) is 130 Å². The number of hydrogen-bond acceptors (Lipinski definition) is 10. The maximum Gasteiger partial charge on any atom is 0.472 e. The molecule has 2 N–H and O–H groups in total. The van der Waals surface area contributed by atoms with Crippen LogP contribution in [0.2, 0.25) is 0 Å². The van der Waals surface area contributed by atoms with Crippen molar-refractivity contribution in [2.24, 2.45) is 0 Å². The Balaban J connectivity index is 4.93. The third-order valence-electron chi connectivity index (χ3n) is 10.6. The standard InChI is InChI=1S/C60H95O11P/c1-4-7-10-13-16-19-22-24-26-27-28-29-31-32-35-37-40-43-46-49-58(62)67-53-57(71-60(64)51-48-45-42-39-36-33-30-25-23-20-17-14-11-8-5-2)55-69-72(65,66)68-54-56(52-61)70-59(63)50-47-44-41-38-34-21-18-15-12-9-6-3/h7-8,10-11,15-20,24-26,28-30,32,35-36,39,45,48,56-57,61H,4-6,9,12-14,21-23,27,31,33-34,37-38,40-44,46-47,49-55H2,1-3H3,(H,65,66)/b10-7-,11-8-,18-15-,19-16-,20-17-,26-24-,29-28-,30-25-,35-32-,39-36-,48-45-. The van der Waals surface area contributed by atoms with Gasteiger partial charge in [-0.15, -0.1) is 0 Å². The lowest BCUT2D eigenvalue weighted by molar-refractivity contribution is -0.160. The molecule has 0 amide bonds. The predicted molar refractivity (Wildman–Crippen MR) is 297 cm³/mol. The van der Waals surface area contributed by atoms with Gasteiger partial charge in [-0.3, -0.25) is 23.4 Å². The van der Waals surface area contributed by atoms with Gasteiger partial charge in [-0.2, -0.15) is 0 Å². The van der Waals surface area contributed by atoms with Crippen molar-refractivity contribution in [3.63, 3.8) is 0 Å². The van der Waals surface area contributed by atoms with Gasteiger partial charge in [0.15, 0.2) is 6.10 Å². The molecule has 0 aliphatic carbocycles. The van der Waals surface area contributed by atoms with Crippen molar-refractivity contribution in [1.82, 2.24) is 0 Å². The van der Waals surface area contributed by atoms with Gasteiger partial charge in [0.2, 0.25) is 0 Å². The van der Waals surface area contributed by atoms with Crippen LogP contribution in [0.1, 0.15) is 188 Å². The van der Waals surface area contributed by atoms with Crippen LogP contribution < -0.4 is 0 Å². The van der Waals surface area contributed by atoms with E-state index in [1.165, 1.54) is 12.8 Å². The number of carbonyl (C=O) groups is 3. The van der Waals surface area contributed by atoms with Crippen molar-refractivity contribution < 1.29 is 52.2 Å². The van der Waals surface area contributed by atoms with Gasteiger partial charge in [0.1, 0.15) is 12.7 Å². The second kappa shape index (κ2) is 52.9. The van der Waals surface area contributed by atoms with Crippen LogP contribution in [-0.2, 0) is 42.2 Å². The zero-order valence-electron chi connectivity index (χ0n) is 44.6. The van der Waals surface area contributed by atoms with E-state index in [1.54, 1.807) is 6.08 Å². The molecule has 72 heavy (non-hydrogen) atoms. The lowest BCUT2D eigenvalue weighted by Crippen LogP contribution is -2.30. The molecule has 0 bridgehead atoms. The predicted octanol–water partition coefficient (Wildman–Crippen LogP) is 15.8.